The normalized spacial score (nSPS) is 22.3. The van der Waals surface area contributed by atoms with Gasteiger partial charge in [-0.15, -0.1) is 0 Å². The van der Waals surface area contributed by atoms with Gasteiger partial charge in [-0.3, -0.25) is 0 Å². The zero-order valence-corrected chi connectivity index (χ0v) is 13.4. The largest absolute Gasteiger partial charge is 0.326 e. The van der Waals surface area contributed by atoms with Crippen LogP contribution < -0.4 is 5.73 Å². The van der Waals surface area contributed by atoms with E-state index in [1.54, 1.807) is 12.1 Å². The molecule has 23 heavy (non-hydrogen) atoms. The van der Waals surface area contributed by atoms with Crippen LogP contribution in [-0.2, 0) is 15.8 Å². The molecule has 0 spiro atoms. The Labute approximate surface area is 135 Å². The monoisotopic (exact) mass is 334 g/mol. The summed E-state index contributed by atoms with van der Waals surface area (Å²) in [6, 6.07) is 15.3. The molecular formula is C17H19FN2O2S. The predicted molar refractivity (Wildman–Crippen MR) is 87.8 cm³/mol. The van der Waals surface area contributed by atoms with E-state index in [0.29, 0.717) is 6.54 Å². The molecule has 0 radical (unpaired) electrons. The Balaban J connectivity index is 1.78. The molecule has 2 atom stereocenters. The highest BCUT2D eigenvalue weighted by molar-refractivity contribution is 7.88. The third kappa shape index (κ3) is 3.44. The number of sulfonamides is 1. The second-order valence-corrected chi connectivity index (χ2v) is 7.81. The molecule has 0 aromatic heterocycles. The van der Waals surface area contributed by atoms with E-state index in [9.17, 15) is 12.8 Å². The van der Waals surface area contributed by atoms with Crippen molar-refractivity contribution in [3.05, 3.63) is 71.5 Å². The van der Waals surface area contributed by atoms with Crippen molar-refractivity contribution < 1.29 is 12.8 Å². The molecule has 1 aliphatic rings. The fourth-order valence-electron chi connectivity index (χ4n) is 2.97. The molecule has 4 nitrogen and oxygen atoms in total. The highest BCUT2D eigenvalue weighted by Crippen LogP contribution is 2.29. The van der Waals surface area contributed by atoms with Gasteiger partial charge in [-0.2, -0.15) is 4.31 Å². The second kappa shape index (κ2) is 6.39. The molecule has 1 fully saturated rings. The van der Waals surface area contributed by atoms with Crippen molar-refractivity contribution in [3.63, 3.8) is 0 Å². The van der Waals surface area contributed by atoms with Crippen molar-refractivity contribution in [2.75, 3.05) is 13.1 Å². The summed E-state index contributed by atoms with van der Waals surface area (Å²) >= 11 is 0. The lowest BCUT2D eigenvalue weighted by atomic mass is 9.95. The van der Waals surface area contributed by atoms with Crippen molar-refractivity contribution in [1.29, 1.82) is 0 Å². The highest BCUT2D eigenvalue weighted by atomic mass is 32.2. The SMILES string of the molecule is N[C@@H]1CN(S(=O)(=O)Cc2ccccc2F)C[C@H]1c1ccccc1. The standard InChI is InChI=1S/C17H19FN2O2S/c18-16-9-5-4-8-14(16)12-23(21,22)20-10-15(17(19)11-20)13-6-2-1-3-7-13/h1-9,15,17H,10-12,19H2/t15-,17+/m0/s1. The summed E-state index contributed by atoms with van der Waals surface area (Å²) in [6.45, 7) is 0.596. The lowest BCUT2D eigenvalue weighted by Crippen LogP contribution is -2.33. The predicted octanol–water partition coefficient (Wildman–Crippen LogP) is 2.08. The number of nitrogens with two attached hydrogens (primary N) is 1. The van der Waals surface area contributed by atoms with Crippen LogP contribution in [0.1, 0.15) is 17.0 Å². The number of hydrogen-bond donors (Lipinski definition) is 1. The van der Waals surface area contributed by atoms with Crippen LogP contribution in [0, 0.1) is 5.82 Å². The van der Waals surface area contributed by atoms with Crippen molar-refractivity contribution in [1.82, 2.24) is 4.31 Å². The summed E-state index contributed by atoms with van der Waals surface area (Å²) in [6.07, 6.45) is 0. The first-order chi connectivity index (χ1) is 11.0. The summed E-state index contributed by atoms with van der Waals surface area (Å²) in [5.74, 6) is -0.876. The van der Waals surface area contributed by atoms with Crippen LogP contribution in [0.2, 0.25) is 0 Å². The van der Waals surface area contributed by atoms with E-state index in [4.69, 9.17) is 5.73 Å². The minimum atomic E-state index is -3.60. The third-order valence-corrected chi connectivity index (χ3v) is 6.01. The molecule has 6 heteroatoms. The lowest BCUT2D eigenvalue weighted by molar-refractivity contribution is 0.468. The van der Waals surface area contributed by atoms with Crippen LogP contribution in [0.3, 0.4) is 0 Å². The summed E-state index contributed by atoms with van der Waals surface area (Å²) < 4.78 is 40.3. The topological polar surface area (TPSA) is 63.4 Å². The molecule has 1 saturated heterocycles. The van der Waals surface area contributed by atoms with E-state index in [-0.39, 0.29) is 29.8 Å². The van der Waals surface area contributed by atoms with Gasteiger partial charge in [0.2, 0.25) is 10.0 Å². The molecular weight excluding hydrogens is 315 g/mol. The zero-order chi connectivity index (χ0) is 16.4. The minimum Gasteiger partial charge on any atom is -0.326 e. The molecule has 0 bridgehead atoms. The van der Waals surface area contributed by atoms with Gasteiger partial charge >= 0.3 is 0 Å². The van der Waals surface area contributed by atoms with Gasteiger partial charge in [0.25, 0.3) is 0 Å². The first-order valence-electron chi connectivity index (χ1n) is 7.49. The van der Waals surface area contributed by atoms with E-state index >= 15 is 0 Å². The Hall–Kier alpha value is -1.76. The van der Waals surface area contributed by atoms with E-state index in [2.05, 4.69) is 0 Å². The molecule has 2 N–H and O–H groups in total. The molecule has 2 aromatic carbocycles. The van der Waals surface area contributed by atoms with E-state index < -0.39 is 15.8 Å². The highest BCUT2D eigenvalue weighted by Gasteiger charge is 2.37. The lowest BCUT2D eigenvalue weighted by Gasteiger charge is -2.17. The van der Waals surface area contributed by atoms with Crippen molar-refractivity contribution in [2.45, 2.75) is 17.7 Å². The summed E-state index contributed by atoms with van der Waals surface area (Å²) in [5.41, 5.74) is 7.36. The summed E-state index contributed by atoms with van der Waals surface area (Å²) in [7, 11) is -3.60. The van der Waals surface area contributed by atoms with Gasteiger partial charge in [-0.1, -0.05) is 48.5 Å². The van der Waals surface area contributed by atoms with Crippen molar-refractivity contribution >= 4 is 10.0 Å². The average Bonchev–Trinajstić information content (AvgIpc) is 2.93. The Morgan fingerprint density at radius 2 is 1.70 bits per heavy atom. The third-order valence-electron chi connectivity index (χ3n) is 4.25. The van der Waals surface area contributed by atoms with Crippen LogP contribution in [0.5, 0.6) is 0 Å². The Bertz CT molecular complexity index is 780. The van der Waals surface area contributed by atoms with Gasteiger partial charge in [0.15, 0.2) is 0 Å². The molecule has 1 heterocycles. The zero-order valence-electron chi connectivity index (χ0n) is 12.6. The fourth-order valence-corrected chi connectivity index (χ4v) is 4.57. The molecule has 0 saturated carbocycles. The average molecular weight is 334 g/mol. The molecule has 1 aliphatic heterocycles. The number of benzene rings is 2. The van der Waals surface area contributed by atoms with Crippen LogP contribution in [0.4, 0.5) is 4.39 Å². The van der Waals surface area contributed by atoms with Gasteiger partial charge in [0.1, 0.15) is 5.82 Å². The summed E-state index contributed by atoms with van der Waals surface area (Å²) in [5, 5.41) is 0. The first kappa shape index (κ1) is 16.1. The van der Waals surface area contributed by atoms with Gasteiger partial charge < -0.3 is 5.73 Å². The van der Waals surface area contributed by atoms with Crippen LogP contribution in [-0.4, -0.2) is 31.9 Å². The van der Waals surface area contributed by atoms with Crippen molar-refractivity contribution in [2.24, 2.45) is 5.73 Å². The molecule has 0 amide bonds. The molecule has 2 aromatic rings. The Morgan fingerprint density at radius 3 is 2.39 bits per heavy atom. The second-order valence-electron chi connectivity index (χ2n) is 5.85. The quantitative estimate of drug-likeness (QED) is 0.931. The van der Waals surface area contributed by atoms with Crippen LogP contribution in [0.25, 0.3) is 0 Å². The van der Waals surface area contributed by atoms with Gasteiger partial charge in [0.05, 0.1) is 5.75 Å². The number of nitrogens with zero attached hydrogens (tertiary/aromatic N) is 1. The fraction of sp³-hybridized carbons (Fsp3) is 0.294. The van der Waals surface area contributed by atoms with E-state index in [0.717, 1.165) is 5.56 Å². The van der Waals surface area contributed by atoms with Crippen molar-refractivity contribution in [3.8, 4) is 0 Å². The minimum absolute atomic E-state index is 0.0356. The maximum absolute atomic E-state index is 13.7. The number of rotatable bonds is 4. The first-order valence-corrected chi connectivity index (χ1v) is 9.10. The molecule has 3 rings (SSSR count). The summed E-state index contributed by atoms with van der Waals surface area (Å²) in [4.78, 5) is 0. The van der Waals surface area contributed by atoms with Crippen LogP contribution in [0.15, 0.2) is 54.6 Å². The molecule has 0 unspecified atom stereocenters. The number of hydrogen-bond acceptors (Lipinski definition) is 3. The molecule has 0 aliphatic carbocycles. The van der Waals surface area contributed by atoms with Gasteiger partial charge in [0, 0.05) is 30.6 Å². The smallest absolute Gasteiger partial charge is 0.218 e. The van der Waals surface area contributed by atoms with Crippen LogP contribution >= 0.6 is 0 Å². The van der Waals surface area contributed by atoms with E-state index in [1.807, 2.05) is 30.3 Å². The maximum Gasteiger partial charge on any atom is 0.218 e. The number of halogens is 1. The van der Waals surface area contributed by atoms with E-state index in [1.165, 1.54) is 16.4 Å². The van der Waals surface area contributed by atoms with Gasteiger partial charge in [-0.05, 0) is 11.6 Å². The van der Waals surface area contributed by atoms with Gasteiger partial charge in [-0.25, -0.2) is 12.8 Å². The molecule has 122 valence electrons. The maximum atomic E-state index is 13.7. The Morgan fingerprint density at radius 1 is 1.04 bits per heavy atom. The Kier molecular flexibility index (Phi) is 4.48.